The summed E-state index contributed by atoms with van der Waals surface area (Å²) in [7, 11) is 0. The van der Waals surface area contributed by atoms with Crippen molar-refractivity contribution in [1.29, 1.82) is 0 Å². The van der Waals surface area contributed by atoms with Crippen molar-refractivity contribution >= 4 is 34.7 Å². The first-order valence-electron chi connectivity index (χ1n) is 10.1. The van der Waals surface area contributed by atoms with Gasteiger partial charge in [0.05, 0.1) is 16.8 Å². The minimum atomic E-state index is -0.512. The maximum atomic E-state index is 13.0. The smallest absolute Gasteiger partial charge is 0.256 e. The second-order valence-electron chi connectivity index (χ2n) is 7.56. The van der Waals surface area contributed by atoms with Gasteiger partial charge in [0.1, 0.15) is 0 Å². The van der Waals surface area contributed by atoms with Crippen LogP contribution in [0.2, 0.25) is 0 Å². The highest BCUT2D eigenvalue weighted by Crippen LogP contribution is 2.46. The van der Waals surface area contributed by atoms with E-state index in [1.54, 1.807) is 23.1 Å². The van der Waals surface area contributed by atoms with Crippen LogP contribution in [0.3, 0.4) is 0 Å². The molecule has 1 fully saturated rings. The van der Waals surface area contributed by atoms with Crippen LogP contribution < -0.4 is 14.8 Å². The quantitative estimate of drug-likeness (QED) is 0.486. The Morgan fingerprint density at radius 3 is 2.77 bits per heavy atom. The van der Waals surface area contributed by atoms with E-state index in [-0.39, 0.29) is 5.91 Å². The van der Waals surface area contributed by atoms with Crippen LogP contribution in [-0.2, 0) is 5.75 Å². The average molecular weight is 439 g/mol. The minimum absolute atomic E-state index is 0.136. The molecule has 1 amide bonds. The molecule has 1 aliphatic carbocycles. The van der Waals surface area contributed by atoms with Gasteiger partial charge in [-0.15, -0.1) is 23.1 Å². The molecule has 2 heterocycles. The normalized spacial score (nSPS) is 16.5. The van der Waals surface area contributed by atoms with E-state index in [1.807, 2.05) is 53.4 Å². The van der Waals surface area contributed by atoms with Crippen LogP contribution in [0.1, 0.15) is 48.2 Å². The first-order chi connectivity index (χ1) is 14.7. The van der Waals surface area contributed by atoms with Gasteiger partial charge in [0.2, 0.25) is 0 Å². The monoisotopic (exact) mass is 438 g/mol. The van der Waals surface area contributed by atoms with Crippen LogP contribution >= 0.6 is 23.1 Å². The van der Waals surface area contributed by atoms with Crippen molar-refractivity contribution in [2.75, 3.05) is 5.32 Å². The molecule has 2 aromatic carbocycles. The number of benzene rings is 2. The van der Waals surface area contributed by atoms with Gasteiger partial charge in [-0.2, -0.15) is 0 Å². The lowest BCUT2D eigenvalue weighted by atomic mass is 9.94. The second kappa shape index (κ2) is 8.32. The summed E-state index contributed by atoms with van der Waals surface area (Å²) in [5, 5.41) is 5.04. The van der Waals surface area contributed by atoms with Gasteiger partial charge in [0, 0.05) is 40.6 Å². The number of hydrogen-bond donors (Lipinski definition) is 1. The summed E-state index contributed by atoms with van der Waals surface area (Å²) in [6.07, 6.45) is 5.28. The third-order valence-electron chi connectivity index (χ3n) is 5.40. The number of thioether (sulfide) groups is 1. The fraction of sp³-hybridized carbons (Fsp3) is 0.304. The largest absolute Gasteiger partial charge is 0.448 e. The van der Waals surface area contributed by atoms with Gasteiger partial charge < -0.3 is 14.8 Å². The van der Waals surface area contributed by atoms with Crippen molar-refractivity contribution in [2.45, 2.75) is 48.5 Å². The van der Waals surface area contributed by atoms with Crippen LogP contribution in [0, 0.1) is 0 Å². The first kappa shape index (κ1) is 19.5. The fourth-order valence-electron chi connectivity index (χ4n) is 3.91. The topological polar surface area (TPSA) is 60.5 Å². The molecule has 0 radical (unpaired) electrons. The number of fused-ring (bicyclic) bond motifs is 1. The van der Waals surface area contributed by atoms with Crippen LogP contribution in [0.5, 0.6) is 11.5 Å². The lowest BCUT2D eigenvalue weighted by Crippen LogP contribution is -2.40. The Bertz CT molecular complexity index is 1050. The average Bonchev–Trinajstić information content (AvgIpc) is 3.40. The maximum absolute atomic E-state index is 13.0. The van der Waals surface area contributed by atoms with Crippen molar-refractivity contribution < 1.29 is 14.3 Å². The van der Waals surface area contributed by atoms with Crippen LogP contribution in [0.15, 0.2) is 58.3 Å². The summed E-state index contributed by atoms with van der Waals surface area (Å²) < 4.78 is 12.3. The molecule has 2 aliphatic rings. The number of carbonyl (C=O) groups excluding carboxylic acids is 1. The zero-order valence-corrected chi connectivity index (χ0v) is 18.1. The first-order valence-corrected chi connectivity index (χ1v) is 12.1. The number of rotatable bonds is 5. The molecule has 7 heteroatoms. The third kappa shape index (κ3) is 4.04. The number of aromatic nitrogens is 1. The number of ether oxygens (including phenoxy) is 2. The van der Waals surface area contributed by atoms with Crippen LogP contribution in [-0.4, -0.2) is 16.7 Å². The van der Waals surface area contributed by atoms with Crippen molar-refractivity contribution in [3.8, 4) is 11.5 Å². The van der Waals surface area contributed by atoms with E-state index in [0.717, 1.165) is 47.8 Å². The maximum Gasteiger partial charge on any atom is 0.256 e. The predicted octanol–water partition coefficient (Wildman–Crippen LogP) is 6.12. The van der Waals surface area contributed by atoms with Gasteiger partial charge in [-0.3, -0.25) is 4.79 Å². The van der Waals surface area contributed by atoms with E-state index in [2.05, 4.69) is 10.3 Å². The Balaban J connectivity index is 1.29. The standard InChI is InChI=1S/C23H22N2O3S2/c26-22(18-6-2-3-7-21(18)30-14-17-13-29-15-24-17)25-16-8-9-19-20(12-16)28-23(27-19)10-4-1-5-11-23/h2-3,6-9,12-13,15H,1,4-5,10-11,14H2,(H,25,26). The third-order valence-corrected chi connectivity index (χ3v) is 7.14. The van der Waals surface area contributed by atoms with E-state index < -0.39 is 5.79 Å². The lowest BCUT2D eigenvalue weighted by molar-refractivity contribution is -0.105. The summed E-state index contributed by atoms with van der Waals surface area (Å²) in [4.78, 5) is 18.2. The van der Waals surface area contributed by atoms with Crippen LogP contribution in [0.4, 0.5) is 5.69 Å². The highest BCUT2D eigenvalue weighted by Gasteiger charge is 2.42. The molecule has 0 bridgehead atoms. The number of thiazole rings is 1. The molecular weight excluding hydrogens is 416 g/mol. The number of anilines is 1. The van der Waals surface area contributed by atoms with Gasteiger partial charge >= 0.3 is 0 Å². The van der Waals surface area contributed by atoms with Gasteiger partial charge in [-0.25, -0.2) is 4.98 Å². The van der Waals surface area contributed by atoms with Crippen molar-refractivity contribution in [1.82, 2.24) is 4.98 Å². The van der Waals surface area contributed by atoms with Gasteiger partial charge in [-0.05, 0) is 37.1 Å². The van der Waals surface area contributed by atoms with E-state index >= 15 is 0 Å². The van der Waals surface area contributed by atoms with E-state index in [9.17, 15) is 4.79 Å². The van der Waals surface area contributed by atoms with Crippen molar-refractivity contribution in [2.24, 2.45) is 0 Å². The second-order valence-corrected chi connectivity index (χ2v) is 9.29. The number of nitrogens with one attached hydrogen (secondary N) is 1. The molecule has 1 N–H and O–H groups in total. The van der Waals surface area contributed by atoms with E-state index in [4.69, 9.17) is 9.47 Å². The zero-order valence-electron chi connectivity index (χ0n) is 16.4. The Labute approximate surface area is 183 Å². The van der Waals surface area contributed by atoms with Crippen molar-refractivity contribution in [3.05, 3.63) is 64.6 Å². The van der Waals surface area contributed by atoms with Gasteiger partial charge in [0.25, 0.3) is 11.7 Å². The molecule has 30 heavy (non-hydrogen) atoms. The zero-order chi connectivity index (χ0) is 20.4. The summed E-state index contributed by atoms with van der Waals surface area (Å²) in [5.41, 5.74) is 4.20. The Morgan fingerprint density at radius 1 is 1.10 bits per heavy atom. The molecule has 154 valence electrons. The minimum Gasteiger partial charge on any atom is -0.448 e. The summed E-state index contributed by atoms with van der Waals surface area (Å²) in [5.74, 6) is 1.56. The van der Waals surface area contributed by atoms with Gasteiger partial charge in [0.15, 0.2) is 11.5 Å². The molecule has 0 saturated heterocycles. The number of carbonyl (C=O) groups is 1. The molecule has 5 nitrogen and oxygen atoms in total. The molecule has 0 atom stereocenters. The SMILES string of the molecule is O=C(Nc1ccc2c(c1)OC1(CCCCC1)O2)c1ccccc1SCc1cscn1. The molecule has 0 unspecified atom stereocenters. The Morgan fingerprint density at radius 2 is 1.93 bits per heavy atom. The highest BCUT2D eigenvalue weighted by molar-refractivity contribution is 7.98. The van der Waals surface area contributed by atoms with Crippen LogP contribution in [0.25, 0.3) is 0 Å². The molecular formula is C23H22N2O3S2. The fourth-order valence-corrected chi connectivity index (χ4v) is 5.52. The molecule has 1 spiro atoms. The summed E-state index contributed by atoms with van der Waals surface area (Å²) >= 11 is 3.20. The molecule has 1 saturated carbocycles. The molecule has 1 aromatic heterocycles. The molecule has 3 aromatic rings. The number of nitrogens with zero attached hydrogens (tertiary/aromatic N) is 1. The van der Waals surface area contributed by atoms with Gasteiger partial charge in [-0.1, -0.05) is 18.6 Å². The number of hydrogen-bond acceptors (Lipinski definition) is 6. The Hall–Kier alpha value is -2.51. The Kier molecular flexibility index (Phi) is 5.39. The molecule has 1 aliphatic heterocycles. The van der Waals surface area contributed by atoms with E-state index in [1.165, 1.54) is 6.42 Å². The predicted molar refractivity (Wildman–Crippen MR) is 120 cm³/mol. The lowest BCUT2D eigenvalue weighted by Gasteiger charge is -2.31. The van der Waals surface area contributed by atoms with E-state index in [0.29, 0.717) is 17.0 Å². The number of amides is 1. The summed E-state index contributed by atoms with van der Waals surface area (Å²) in [6, 6.07) is 13.3. The van der Waals surface area contributed by atoms with Crippen molar-refractivity contribution in [3.63, 3.8) is 0 Å². The highest BCUT2D eigenvalue weighted by atomic mass is 32.2. The summed E-state index contributed by atoms with van der Waals surface area (Å²) in [6.45, 7) is 0. The molecule has 5 rings (SSSR count).